The third kappa shape index (κ3) is 2.45. The molecule has 6 nitrogen and oxygen atoms in total. The highest BCUT2D eigenvalue weighted by Crippen LogP contribution is 2.32. The van der Waals surface area contributed by atoms with Crippen LogP contribution < -0.4 is 10.6 Å². The Hall–Kier alpha value is -2.15. The van der Waals surface area contributed by atoms with Gasteiger partial charge in [0.15, 0.2) is 5.82 Å². The van der Waals surface area contributed by atoms with E-state index in [1.807, 2.05) is 12.1 Å². The second-order valence-electron chi connectivity index (χ2n) is 5.90. The van der Waals surface area contributed by atoms with Crippen molar-refractivity contribution in [3.63, 3.8) is 0 Å². The Morgan fingerprint density at radius 1 is 1.30 bits per heavy atom. The van der Waals surface area contributed by atoms with E-state index in [0.717, 1.165) is 58.2 Å². The van der Waals surface area contributed by atoms with Gasteiger partial charge in [0.1, 0.15) is 17.4 Å². The van der Waals surface area contributed by atoms with Gasteiger partial charge >= 0.3 is 0 Å². The molecular formula is C16H16BrN5O. The monoisotopic (exact) mass is 373 g/mol. The zero-order chi connectivity index (χ0) is 16.0. The lowest BCUT2D eigenvalue weighted by atomic mass is 9.96. The van der Waals surface area contributed by atoms with E-state index in [2.05, 4.69) is 41.8 Å². The fourth-order valence-corrected chi connectivity index (χ4v) is 3.63. The molecule has 3 aromatic rings. The minimum absolute atomic E-state index is 0.0257. The van der Waals surface area contributed by atoms with Crippen LogP contribution in [0.5, 0.6) is 0 Å². The number of amides is 1. The predicted octanol–water partition coefficient (Wildman–Crippen LogP) is 2.58. The summed E-state index contributed by atoms with van der Waals surface area (Å²) in [6, 6.07) is 6.09. The Balaban J connectivity index is 1.76. The molecule has 4 rings (SSSR count). The van der Waals surface area contributed by atoms with Crippen LogP contribution in [0.1, 0.15) is 12.8 Å². The molecule has 3 N–H and O–H groups in total. The van der Waals surface area contributed by atoms with Crippen LogP contribution in [0.4, 0.5) is 5.82 Å². The van der Waals surface area contributed by atoms with Gasteiger partial charge < -0.3 is 15.6 Å². The first-order valence-corrected chi connectivity index (χ1v) is 8.39. The Bertz CT molecular complexity index is 898. The lowest BCUT2D eigenvalue weighted by molar-refractivity contribution is -0.122. The third-order valence-electron chi connectivity index (χ3n) is 4.52. The number of nitrogens with one attached hydrogen (secondary N) is 1. The van der Waals surface area contributed by atoms with Gasteiger partial charge in [0, 0.05) is 34.4 Å². The molecule has 0 spiro atoms. The van der Waals surface area contributed by atoms with Crippen LogP contribution in [0.2, 0.25) is 0 Å². The van der Waals surface area contributed by atoms with Crippen LogP contribution in [-0.4, -0.2) is 33.9 Å². The second-order valence-corrected chi connectivity index (χ2v) is 6.82. The van der Waals surface area contributed by atoms with Crippen molar-refractivity contribution in [1.29, 1.82) is 0 Å². The minimum Gasteiger partial charge on any atom is -0.369 e. The molecule has 0 atom stereocenters. The number of aromatic amines is 1. The average molecular weight is 374 g/mol. The van der Waals surface area contributed by atoms with Crippen molar-refractivity contribution in [2.75, 3.05) is 18.0 Å². The summed E-state index contributed by atoms with van der Waals surface area (Å²) >= 11 is 3.51. The maximum atomic E-state index is 11.3. The molecule has 1 fully saturated rings. The third-order valence-corrected chi connectivity index (χ3v) is 5.01. The quantitative estimate of drug-likeness (QED) is 0.722. The highest BCUT2D eigenvalue weighted by Gasteiger charge is 2.25. The molecule has 23 heavy (non-hydrogen) atoms. The molecule has 1 amide bonds. The van der Waals surface area contributed by atoms with Gasteiger partial charge in [-0.15, -0.1) is 0 Å². The summed E-state index contributed by atoms with van der Waals surface area (Å²) in [5.41, 5.74) is 8.31. The summed E-state index contributed by atoms with van der Waals surface area (Å²) in [5, 5.41) is 1.07. The molecule has 0 aliphatic carbocycles. The molecular weight excluding hydrogens is 358 g/mol. The summed E-state index contributed by atoms with van der Waals surface area (Å²) in [7, 11) is 0. The number of fused-ring (bicyclic) bond motifs is 3. The zero-order valence-corrected chi connectivity index (χ0v) is 14.0. The number of anilines is 1. The van der Waals surface area contributed by atoms with E-state index in [0.29, 0.717) is 0 Å². The standard InChI is InChI=1S/C16H16BrN5O/c17-10-1-2-12-11(7-10)13-14(21-12)16(20-8-19-13)22-5-3-9(4-6-22)15(18)23/h1-2,7-9,21H,3-6H2,(H2,18,23). The molecule has 118 valence electrons. The largest absolute Gasteiger partial charge is 0.369 e. The molecule has 0 radical (unpaired) electrons. The van der Waals surface area contributed by atoms with Gasteiger partial charge in [0.2, 0.25) is 5.91 Å². The van der Waals surface area contributed by atoms with Gasteiger partial charge in [-0.05, 0) is 31.0 Å². The number of rotatable bonds is 2. The number of nitrogens with zero attached hydrogens (tertiary/aromatic N) is 3. The van der Waals surface area contributed by atoms with E-state index in [4.69, 9.17) is 5.73 Å². The first-order chi connectivity index (χ1) is 11.1. The van der Waals surface area contributed by atoms with Gasteiger partial charge in [-0.2, -0.15) is 0 Å². The number of nitrogens with two attached hydrogens (primary N) is 1. The van der Waals surface area contributed by atoms with Crippen molar-refractivity contribution in [3.05, 3.63) is 29.0 Å². The lowest BCUT2D eigenvalue weighted by Gasteiger charge is -2.31. The highest BCUT2D eigenvalue weighted by atomic mass is 79.9. The maximum absolute atomic E-state index is 11.3. The Morgan fingerprint density at radius 2 is 2.09 bits per heavy atom. The predicted molar refractivity (Wildman–Crippen MR) is 93.2 cm³/mol. The van der Waals surface area contributed by atoms with Crippen LogP contribution in [0.25, 0.3) is 21.9 Å². The fourth-order valence-electron chi connectivity index (χ4n) is 3.27. The molecule has 3 heterocycles. The van der Waals surface area contributed by atoms with Gasteiger partial charge in [-0.3, -0.25) is 4.79 Å². The SMILES string of the molecule is NC(=O)C1CCN(c2ncnc3c2[nH]c2ccc(Br)cc23)CC1. The molecule has 2 aromatic heterocycles. The number of benzene rings is 1. The minimum atomic E-state index is -0.201. The number of H-pyrrole nitrogens is 1. The van der Waals surface area contributed by atoms with Crippen molar-refractivity contribution < 1.29 is 4.79 Å². The van der Waals surface area contributed by atoms with E-state index < -0.39 is 0 Å². The lowest BCUT2D eigenvalue weighted by Crippen LogP contribution is -2.39. The summed E-state index contributed by atoms with van der Waals surface area (Å²) in [6.45, 7) is 1.55. The van der Waals surface area contributed by atoms with Crippen molar-refractivity contribution in [1.82, 2.24) is 15.0 Å². The number of carbonyl (C=O) groups is 1. The number of hydrogen-bond donors (Lipinski definition) is 2. The van der Waals surface area contributed by atoms with Crippen molar-refractivity contribution >= 4 is 49.6 Å². The van der Waals surface area contributed by atoms with E-state index in [1.165, 1.54) is 0 Å². The normalized spacial score (nSPS) is 16.3. The topological polar surface area (TPSA) is 87.9 Å². The van der Waals surface area contributed by atoms with Gasteiger partial charge in [-0.1, -0.05) is 15.9 Å². The number of aromatic nitrogens is 3. The number of piperidine rings is 1. The van der Waals surface area contributed by atoms with Crippen LogP contribution in [0, 0.1) is 5.92 Å². The summed E-state index contributed by atoms with van der Waals surface area (Å²) in [6.07, 6.45) is 3.14. The molecule has 7 heteroatoms. The summed E-state index contributed by atoms with van der Waals surface area (Å²) in [5.74, 6) is 0.667. The fraction of sp³-hybridized carbons (Fsp3) is 0.312. The molecule has 0 saturated carbocycles. The number of primary amides is 1. The van der Waals surface area contributed by atoms with Gasteiger partial charge in [-0.25, -0.2) is 9.97 Å². The molecule has 0 unspecified atom stereocenters. The Labute approximate surface area is 141 Å². The van der Waals surface area contributed by atoms with E-state index >= 15 is 0 Å². The first kappa shape index (κ1) is 14.4. The number of carbonyl (C=O) groups excluding carboxylic acids is 1. The Morgan fingerprint density at radius 3 is 2.83 bits per heavy atom. The maximum Gasteiger partial charge on any atom is 0.220 e. The number of halogens is 1. The van der Waals surface area contributed by atoms with Crippen LogP contribution in [-0.2, 0) is 4.79 Å². The average Bonchev–Trinajstić information content (AvgIpc) is 2.93. The second kappa shape index (κ2) is 5.49. The first-order valence-electron chi connectivity index (χ1n) is 7.59. The van der Waals surface area contributed by atoms with Crippen LogP contribution in [0.15, 0.2) is 29.0 Å². The van der Waals surface area contributed by atoms with E-state index in [1.54, 1.807) is 6.33 Å². The summed E-state index contributed by atoms with van der Waals surface area (Å²) < 4.78 is 1.02. The highest BCUT2D eigenvalue weighted by molar-refractivity contribution is 9.10. The molecule has 1 saturated heterocycles. The van der Waals surface area contributed by atoms with E-state index in [-0.39, 0.29) is 11.8 Å². The van der Waals surface area contributed by atoms with Gasteiger partial charge in [0.25, 0.3) is 0 Å². The van der Waals surface area contributed by atoms with Crippen molar-refractivity contribution in [2.24, 2.45) is 11.7 Å². The number of hydrogen-bond acceptors (Lipinski definition) is 4. The molecule has 1 aliphatic heterocycles. The van der Waals surface area contributed by atoms with Gasteiger partial charge in [0.05, 0.1) is 0 Å². The van der Waals surface area contributed by atoms with Crippen molar-refractivity contribution in [2.45, 2.75) is 12.8 Å². The van der Waals surface area contributed by atoms with E-state index in [9.17, 15) is 4.79 Å². The van der Waals surface area contributed by atoms with Crippen molar-refractivity contribution in [3.8, 4) is 0 Å². The van der Waals surface area contributed by atoms with Crippen LogP contribution in [0.3, 0.4) is 0 Å². The molecule has 1 aliphatic rings. The smallest absolute Gasteiger partial charge is 0.220 e. The molecule has 0 bridgehead atoms. The zero-order valence-electron chi connectivity index (χ0n) is 12.4. The van der Waals surface area contributed by atoms with Crippen LogP contribution >= 0.6 is 15.9 Å². The Kier molecular flexibility index (Phi) is 3.45. The summed E-state index contributed by atoms with van der Waals surface area (Å²) in [4.78, 5) is 25.9. The molecule has 1 aromatic carbocycles.